The van der Waals surface area contributed by atoms with E-state index in [0.29, 0.717) is 17.7 Å². The van der Waals surface area contributed by atoms with Crippen LogP contribution in [0.5, 0.6) is 5.75 Å². The molecule has 2 unspecified atom stereocenters. The van der Waals surface area contributed by atoms with Crippen LogP contribution in [0.1, 0.15) is 36.8 Å². The standard InChI is InChI=1S/C16H26N2O/c1-12-7-8-16(19)14(9-12)11-18(2)15-6-4-3-5-13(15)10-17/h7-9,13,15,19H,3-6,10-11,17H2,1-2H3. The number of phenols is 1. The molecule has 0 amide bonds. The van der Waals surface area contributed by atoms with Crippen molar-refractivity contribution in [2.75, 3.05) is 13.6 Å². The van der Waals surface area contributed by atoms with E-state index in [0.717, 1.165) is 18.7 Å². The molecule has 0 aromatic heterocycles. The molecule has 2 atom stereocenters. The number of nitrogens with two attached hydrogens (primary N) is 1. The first-order chi connectivity index (χ1) is 9.11. The molecule has 1 aliphatic rings. The van der Waals surface area contributed by atoms with Gasteiger partial charge in [-0.05, 0) is 45.3 Å². The minimum absolute atomic E-state index is 0.401. The number of nitrogens with zero attached hydrogens (tertiary/aromatic N) is 1. The molecular formula is C16H26N2O. The second-order valence-electron chi connectivity index (χ2n) is 5.89. The molecule has 0 spiro atoms. The molecule has 2 rings (SSSR count). The fourth-order valence-corrected chi connectivity index (χ4v) is 3.27. The third-order valence-corrected chi connectivity index (χ3v) is 4.39. The van der Waals surface area contributed by atoms with Crippen LogP contribution >= 0.6 is 0 Å². The molecule has 3 heteroatoms. The summed E-state index contributed by atoms with van der Waals surface area (Å²) in [5.74, 6) is 1.00. The second-order valence-corrected chi connectivity index (χ2v) is 5.89. The Morgan fingerprint density at radius 3 is 2.79 bits per heavy atom. The predicted molar refractivity (Wildman–Crippen MR) is 79.1 cm³/mol. The van der Waals surface area contributed by atoms with E-state index in [4.69, 9.17) is 5.73 Å². The third-order valence-electron chi connectivity index (χ3n) is 4.39. The van der Waals surface area contributed by atoms with Gasteiger partial charge in [-0.1, -0.05) is 30.5 Å². The molecule has 0 bridgehead atoms. The molecule has 1 aromatic rings. The van der Waals surface area contributed by atoms with Crippen LogP contribution in [0.3, 0.4) is 0 Å². The first-order valence-electron chi connectivity index (χ1n) is 7.30. The van der Waals surface area contributed by atoms with Crippen LogP contribution in [-0.4, -0.2) is 29.6 Å². The van der Waals surface area contributed by atoms with Crippen molar-refractivity contribution in [3.8, 4) is 5.75 Å². The number of phenolic OH excluding ortho intramolecular Hbond substituents is 1. The van der Waals surface area contributed by atoms with E-state index in [1.807, 2.05) is 6.07 Å². The lowest BCUT2D eigenvalue weighted by atomic mass is 9.83. The van der Waals surface area contributed by atoms with Crippen molar-refractivity contribution in [1.29, 1.82) is 0 Å². The fourth-order valence-electron chi connectivity index (χ4n) is 3.27. The van der Waals surface area contributed by atoms with Crippen molar-refractivity contribution >= 4 is 0 Å². The van der Waals surface area contributed by atoms with Crippen LogP contribution < -0.4 is 5.73 Å². The predicted octanol–water partition coefficient (Wildman–Crippen LogP) is 2.65. The molecule has 3 nitrogen and oxygen atoms in total. The Hall–Kier alpha value is -1.06. The molecule has 1 aliphatic carbocycles. The summed E-state index contributed by atoms with van der Waals surface area (Å²) >= 11 is 0. The second kappa shape index (κ2) is 6.40. The summed E-state index contributed by atoms with van der Waals surface area (Å²) in [5.41, 5.74) is 8.11. The largest absolute Gasteiger partial charge is 0.508 e. The number of aryl methyl sites for hydroxylation is 1. The zero-order valence-corrected chi connectivity index (χ0v) is 12.1. The SMILES string of the molecule is Cc1ccc(O)c(CN(C)C2CCCCC2CN)c1. The minimum atomic E-state index is 0.401. The molecule has 0 aliphatic heterocycles. The highest BCUT2D eigenvalue weighted by Crippen LogP contribution is 2.29. The van der Waals surface area contributed by atoms with Gasteiger partial charge >= 0.3 is 0 Å². The normalized spacial score (nSPS) is 23.8. The van der Waals surface area contributed by atoms with Gasteiger partial charge in [-0.15, -0.1) is 0 Å². The number of hydrogen-bond acceptors (Lipinski definition) is 3. The minimum Gasteiger partial charge on any atom is -0.508 e. The molecule has 0 heterocycles. The molecule has 19 heavy (non-hydrogen) atoms. The maximum absolute atomic E-state index is 9.95. The maximum Gasteiger partial charge on any atom is 0.120 e. The van der Waals surface area contributed by atoms with E-state index >= 15 is 0 Å². The number of benzene rings is 1. The van der Waals surface area contributed by atoms with E-state index in [1.54, 1.807) is 6.07 Å². The van der Waals surface area contributed by atoms with Gasteiger partial charge in [-0.2, -0.15) is 0 Å². The van der Waals surface area contributed by atoms with Gasteiger partial charge < -0.3 is 10.8 Å². The lowest BCUT2D eigenvalue weighted by Crippen LogP contribution is -2.42. The molecule has 0 radical (unpaired) electrons. The highest BCUT2D eigenvalue weighted by molar-refractivity contribution is 5.35. The van der Waals surface area contributed by atoms with E-state index in [1.165, 1.54) is 31.2 Å². The smallest absolute Gasteiger partial charge is 0.120 e. The van der Waals surface area contributed by atoms with Gasteiger partial charge in [0, 0.05) is 18.2 Å². The number of rotatable bonds is 4. The number of aromatic hydroxyl groups is 1. The Morgan fingerprint density at radius 1 is 1.32 bits per heavy atom. The molecule has 1 aromatic carbocycles. The Bertz CT molecular complexity index is 419. The Morgan fingerprint density at radius 2 is 2.05 bits per heavy atom. The topological polar surface area (TPSA) is 49.5 Å². The Labute approximate surface area is 116 Å². The first-order valence-corrected chi connectivity index (χ1v) is 7.30. The molecular weight excluding hydrogens is 236 g/mol. The quantitative estimate of drug-likeness (QED) is 0.877. The monoisotopic (exact) mass is 262 g/mol. The summed E-state index contributed by atoms with van der Waals surface area (Å²) < 4.78 is 0. The van der Waals surface area contributed by atoms with Crippen molar-refractivity contribution in [1.82, 2.24) is 4.90 Å². The summed E-state index contributed by atoms with van der Waals surface area (Å²) in [6, 6.07) is 6.37. The van der Waals surface area contributed by atoms with Crippen LogP contribution in [0.25, 0.3) is 0 Å². The first kappa shape index (κ1) is 14.4. The van der Waals surface area contributed by atoms with Gasteiger partial charge in [0.25, 0.3) is 0 Å². The summed E-state index contributed by atoms with van der Waals surface area (Å²) in [4.78, 5) is 2.37. The Balaban J connectivity index is 2.06. The average Bonchev–Trinajstić information content (AvgIpc) is 2.42. The van der Waals surface area contributed by atoms with Gasteiger partial charge in [0.15, 0.2) is 0 Å². The van der Waals surface area contributed by atoms with Crippen LogP contribution in [-0.2, 0) is 6.54 Å². The third kappa shape index (κ3) is 3.48. The van der Waals surface area contributed by atoms with Crippen molar-refractivity contribution < 1.29 is 5.11 Å². The van der Waals surface area contributed by atoms with E-state index in [9.17, 15) is 5.11 Å². The van der Waals surface area contributed by atoms with E-state index in [2.05, 4.69) is 24.9 Å². The molecule has 0 saturated heterocycles. The Kier molecular flexibility index (Phi) is 4.83. The molecule has 106 valence electrons. The van der Waals surface area contributed by atoms with Crippen LogP contribution in [0.4, 0.5) is 0 Å². The lowest BCUT2D eigenvalue weighted by Gasteiger charge is -2.37. The van der Waals surface area contributed by atoms with Crippen molar-refractivity contribution in [3.05, 3.63) is 29.3 Å². The van der Waals surface area contributed by atoms with Crippen LogP contribution in [0.15, 0.2) is 18.2 Å². The zero-order valence-electron chi connectivity index (χ0n) is 12.1. The van der Waals surface area contributed by atoms with E-state index < -0.39 is 0 Å². The maximum atomic E-state index is 9.95. The van der Waals surface area contributed by atoms with Gasteiger partial charge in [0.1, 0.15) is 5.75 Å². The van der Waals surface area contributed by atoms with Crippen molar-refractivity contribution in [2.45, 2.75) is 45.2 Å². The average molecular weight is 262 g/mol. The van der Waals surface area contributed by atoms with Gasteiger partial charge in [0.2, 0.25) is 0 Å². The van der Waals surface area contributed by atoms with Gasteiger partial charge in [-0.25, -0.2) is 0 Å². The summed E-state index contributed by atoms with van der Waals surface area (Å²) in [7, 11) is 2.15. The van der Waals surface area contributed by atoms with Gasteiger partial charge in [-0.3, -0.25) is 4.90 Å². The molecule has 3 N–H and O–H groups in total. The van der Waals surface area contributed by atoms with Crippen molar-refractivity contribution in [2.24, 2.45) is 11.7 Å². The van der Waals surface area contributed by atoms with Gasteiger partial charge in [0.05, 0.1) is 0 Å². The van der Waals surface area contributed by atoms with Crippen LogP contribution in [0.2, 0.25) is 0 Å². The summed E-state index contributed by atoms with van der Waals surface area (Å²) in [6.07, 6.45) is 5.07. The van der Waals surface area contributed by atoms with Crippen molar-refractivity contribution in [3.63, 3.8) is 0 Å². The molecule has 1 saturated carbocycles. The fraction of sp³-hybridized carbons (Fsp3) is 0.625. The lowest BCUT2D eigenvalue weighted by molar-refractivity contribution is 0.126. The summed E-state index contributed by atoms with van der Waals surface area (Å²) in [6.45, 7) is 3.63. The zero-order chi connectivity index (χ0) is 13.8. The summed E-state index contributed by atoms with van der Waals surface area (Å²) in [5, 5.41) is 9.95. The highest BCUT2D eigenvalue weighted by atomic mass is 16.3. The highest BCUT2D eigenvalue weighted by Gasteiger charge is 2.27. The molecule has 1 fully saturated rings. The van der Waals surface area contributed by atoms with Crippen LogP contribution in [0, 0.1) is 12.8 Å². The number of hydrogen-bond donors (Lipinski definition) is 2. The van der Waals surface area contributed by atoms with E-state index in [-0.39, 0.29) is 0 Å².